The molecule has 1 atom stereocenters. The van der Waals surface area contributed by atoms with Crippen molar-refractivity contribution in [3.05, 3.63) is 29.8 Å². The number of benzene rings is 1. The van der Waals surface area contributed by atoms with Gasteiger partial charge in [-0.25, -0.2) is 0 Å². The van der Waals surface area contributed by atoms with Crippen molar-refractivity contribution in [2.75, 3.05) is 39.8 Å². The minimum absolute atomic E-state index is 0.0630. The van der Waals surface area contributed by atoms with Crippen LogP contribution < -0.4 is 15.4 Å². The number of ether oxygens (including phenoxy) is 1. The van der Waals surface area contributed by atoms with Gasteiger partial charge in [-0.1, -0.05) is 18.2 Å². The average Bonchev–Trinajstić information content (AvgIpc) is 2.45. The molecule has 20 heavy (non-hydrogen) atoms. The van der Waals surface area contributed by atoms with Gasteiger partial charge in [0.25, 0.3) is 0 Å². The second kappa shape index (κ2) is 7.26. The van der Waals surface area contributed by atoms with Gasteiger partial charge < -0.3 is 15.4 Å². The summed E-state index contributed by atoms with van der Waals surface area (Å²) in [6.07, 6.45) is 0. The molecule has 0 bridgehead atoms. The van der Waals surface area contributed by atoms with Crippen LogP contribution in [0.4, 0.5) is 0 Å². The molecule has 2 rings (SSSR count). The number of rotatable bonds is 5. The number of amides is 1. The lowest BCUT2D eigenvalue weighted by molar-refractivity contribution is -0.126. The number of nitrogens with zero attached hydrogens (tertiary/aromatic N) is 1. The third-order valence-electron chi connectivity index (χ3n) is 3.57. The number of hydrogen-bond acceptors (Lipinski definition) is 4. The van der Waals surface area contributed by atoms with Crippen molar-refractivity contribution < 1.29 is 9.53 Å². The van der Waals surface area contributed by atoms with E-state index in [2.05, 4.69) is 15.5 Å². The average molecular weight is 277 g/mol. The van der Waals surface area contributed by atoms with Crippen LogP contribution in [0.15, 0.2) is 24.3 Å². The third kappa shape index (κ3) is 3.95. The van der Waals surface area contributed by atoms with E-state index in [0.717, 1.165) is 24.4 Å². The van der Waals surface area contributed by atoms with Crippen LogP contribution in [0.1, 0.15) is 5.56 Å². The van der Waals surface area contributed by atoms with Gasteiger partial charge in [0.15, 0.2) is 0 Å². The number of piperazine rings is 1. The van der Waals surface area contributed by atoms with E-state index < -0.39 is 0 Å². The number of likely N-dealkylation sites (N-methyl/N-ethyl adjacent to an activating group) is 1. The molecule has 5 heteroatoms. The number of nitrogens with one attached hydrogen (secondary N) is 2. The van der Waals surface area contributed by atoms with Gasteiger partial charge in [0, 0.05) is 19.6 Å². The molecule has 0 aromatic heterocycles. The number of para-hydroxylation sites is 1. The number of carbonyl (C=O) groups excluding carboxylic acids is 1. The first-order chi connectivity index (χ1) is 9.68. The highest BCUT2D eigenvalue weighted by atomic mass is 16.5. The summed E-state index contributed by atoms with van der Waals surface area (Å²) >= 11 is 0. The van der Waals surface area contributed by atoms with Crippen LogP contribution in [0.25, 0.3) is 0 Å². The summed E-state index contributed by atoms with van der Waals surface area (Å²) < 4.78 is 5.66. The minimum atomic E-state index is -0.0813. The second-order valence-corrected chi connectivity index (χ2v) is 5.11. The van der Waals surface area contributed by atoms with E-state index in [1.165, 1.54) is 0 Å². The van der Waals surface area contributed by atoms with Gasteiger partial charge in [-0.3, -0.25) is 9.69 Å². The highest BCUT2D eigenvalue weighted by Gasteiger charge is 2.25. The van der Waals surface area contributed by atoms with E-state index >= 15 is 0 Å². The molecule has 1 heterocycles. The highest BCUT2D eigenvalue weighted by Crippen LogP contribution is 2.15. The molecule has 0 saturated carbocycles. The first kappa shape index (κ1) is 14.8. The van der Waals surface area contributed by atoms with Gasteiger partial charge >= 0.3 is 0 Å². The van der Waals surface area contributed by atoms with Gasteiger partial charge in [-0.15, -0.1) is 0 Å². The molecule has 1 aliphatic heterocycles. The monoisotopic (exact) mass is 277 g/mol. The molecule has 1 amide bonds. The SMILES string of the molecule is Cc1ccccc1OCCNC(=O)[C@@H]1CNCCN1C. The maximum absolute atomic E-state index is 12.0. The second-order valence-electron chi connectivity index (χ2n) is 5.11. The van der Waals surface area contributed by atoms with Gasteiger partial charge in [0.2, 0.25) is 5.91 Å². The molecule has 1 aromatic carbocycles. The molecular weight excluding hydrogens is 254 g/mol. The Morgan fingerprint density at radius 2 is 2.30 bits per heavy atom. The Bertz CT molecular complexity index is 450. The summed E-state index contributed by atoms with van der Waals surface area (Å²) in [7, 11) is 1.98. The number of hydrogen-bond donors (Lipinski definition) is 2. The quantitative estimate of drug-likeness (QED) is 0.765. The van der Waals surface area contributed by atoms with Crippen molar-refractivity contribution in [1.29, 1.82) is 0 Å². The molecule has 1 saturated heterocycles. The summed E-state index contributed by atoms with van der Waals surface area (Å²) in [5.41, 5.74) is 1.11. The van der Waals surface area contributed by atoms with Crippen LogP contribution in [0.5, 0.6) is 5.75 Å². The van der Waals surface area contributed by atoms with E-state index in [-0.39, 0.29) is 11.9 Å². The first-order valence-electron chi connectivity index (χ1n) is 7.05. The molecule has 1 fully saturated rings. The fourth-order valence-corrected chi connectivity index (χ4v) is 2.27. The zero-order chi connectivity index (χ0) is 14.4. The molecule has 0 aliphatic carbocycles. The van der Waals surface area contributed by atoms with Gasteiger partial charge in [-0.2, -0.15) is 0 Å². The maximum atomic E-state index is 12.0. The lowest BCUT2D eigenvalue weighted by Gasteiger charge is -2.31. The Morgan fingerprint density at radius 1 is 1.50 bits per heavy atom. The van der Waals surface area contributed by atoms with E-state index in [0.29, 0.717) is 19.7 Å². The fourth-order valence-electron chi connectivity index (χ4n) is 2.27. The molecular formula is C15H23N3O2. The standard InChI is InChI=1S/C15H23N3O2/c1-12-5-3-4-6-14(12)20-10-8-17-15(19)13-11-16-7-9-18(13)2/h3-6,13,16H,7-11H2,1-2H3,(H,17,19)/t13-/m0/s1. The third-order valence-corrected chi connectivity index (χ3v) is 3.57. The summed E-state index contributed by atoms with van der Waals surface area (Å²) in [5, 5.41) is 6.16. The van der Waals surface area contributed by atoms with E-state index in [9.17, 15) is 4.79 Å². The van der Waals surface area contributed by atoms with Crippen molar-refractivity contribution in [1.82, 2.24) is 15.5 Å². The summed E-state index contributed by atoms with van der Waals surface area (Å²) in [6, 6.07) is 7.80. The lowest BCUT2D eigenvalue weighted by atomic mass is 10.2. The molecule has 0 spiro atoms. The van der Waals surface area contributed by atoms with Crippen LogP contribution in [-0.4, -0.2) is 56.7 Å². The molecule has 0 radical (unpaired) electrons. The van der Waals surface area contributed by atoms with Crippen LogP contribution in [0.2, 0.25) is 0 Å². The van der Waals surface area contributed by atoms with Crippen molar-refractivity contribution >= 4 is 5.91 Å². The van der Waals surface area contributed by atoms with Crippen molar-refractivity contribution in [2.24, 2.45) is 0 Å². The van der Waals surface area contributed by atoms with Gasteiger partial charge in [0.1, 0.15) is 18.4 Å². The van der Waals surface area contributed by atoms with Gasteiger partial charge in [0.05, 0.1) is 6.54 Å². The summed E-state index contributed by atoms with van der Waals surface area (Å²) in [6.45, 7) is 5.57. The largest absolute Gasteiger partial charge is 0.491 e. The molecule has 5 nitrogen and oxygen atoms in total. The Balaban J connectivity index is 1.70. The van der Waals surface area contributed by atoms with Crippen LogP contribution >= 0.6 is 0 Å². The van der Waals surface area contributed by atoms with Crippen LogP contribution in [-0.2, 0) is 4.79 Å². The Labute approximate surface area is 120 Å². The molecule has 1 aliphatic rings. The van der Waals surface area contributed by atoms with Crippen molar-refractivity contribution in [3.63, 3.8) is 0 Å². The smallest absolute Gasteiger partial charge is 0.238 e. The summed E-state index contributed by atoms with van der Waals surface area (Å²) in [5.74, 6) is 0.936. The minimum Gasteiger partial charge on any atom is -0.491 e. The van der Waals surface area contributed by atoms with E-state index in [1.807, 2.05) is 38.2 Å². The van der Waals surface area contributed by atoms with Crippen molar-refractivity contribution in [2.45, 2.75) is 13.0 Å². The molecule has 2 N–H and O–H groups in total. The molecule has 1 aromatic rings. The topological polar surface area (TPSA) is 53.6 Å². The first-order valence-corrected chi connectivity index (χ1v) is 7.05. The Hall–Kier alpha value is -1.59. The Morgan fingerprint density at radius 3 is 3.05 bits per heavy atom. The number of aryl methyl sites for hydroxylation is 1. The zero-order valence-corrected chi connectivity index (χ0v) is 12.2. The predicted octanol–water partition coefficient (Wildman–Crippen LogP) is 0.394. The molecule has 0 unspecified atom stereocenters. The van der Waals surface area contributed by atoms with E-state index in [1.54, 1.807) is 0 Å². The molecule has 110 valence electrons. The van der Waals surface area contributed by atoms with Crippen molar-refractivity contribution in [3.8, 4) is 5.75 Å². The normalized spacial score (nSPS) is 19.6. The fraction of sp³-hybridized carbons (Fsp3) is 0.533. The predicted molar refractivity (Wildman–Crippen MR) is 79.0 cm³/mol. The van der Waals surface area contributed by atoms with Crippen LogP contribution in [0.3, 0.4) is 0 Å². The number of carbonyl (C=O) groups is 1. The summed E-state index contributed by atoms with van der Waals surface area (Å²) in [4.78, 5) is 14.1. The lowest BCUT2D eigenvalue weighted by Crippen LogP contribution is -2.56. The zero-order valence-electron chi connectivity index (χ0n) is 12.2. The Kier molecular flexibility index (Phi) is 5.38. The maximum Gasteiger partial charge on any atom is 0.238 e. The highest BCUT2D eigenvalue weighted by molar-refractivity contribution is 5.82. The van der Waals surface area contributed by atoms with Crippen LogP contribution in [0, 0.1) is 6.92 Å². The van der Waals surface area contributed by atoms with Gasteiger partial charge in [-0.05, 0) is 25.6 Å². The van der Waals surface area contributed by atoms with E-state index in [4.69, 9.17) is 4.74 Å².